The number of carbonyl (C=O) groups excluding carboxylic acids is 1. The van der Waals surface area contributed by atoms with Crippen molar-refractivity contribution >= 4 is 34.7 Å². The summed E-state index contributed by atoms with van der Waals surface area (Å²) in [6.45, 7) is 16.9. The second-order valence-electron chi connectivity index (χ2n) is 12.1. The molecule has 3 N–H and O–H groups in total. The van der Waals surface area contributed by atoms with Crippen LogP contribution in [0.4, 0.5) is 11.5 Å². The van der Waals surface area contributed by atoms with Gasteiger partial charge in [-0.1, -0.05) is 89.7 Å². The quantitative estimate of drug-likeness (QED) is 0.239. The van der Waals surface area contributed by atoms with Crippen molar-refractivity contribution in [2.24, 2.45) is 9.98 Å². The van der Waals surface area contributed by atoms with Crippen molar-refractivity contribution in [1.29, 1.82) is 0 Å². The fourth-order valence-electron chi connectivity index (χ4n) is 6.77. The zero-order chi connectivity index (χ0) is 34.9. The Morgan fingerprint density at radius 2 is 1.71 bits per heavy atom. The van der Waals surface area contributed by atoms with E-state index in [9.17, 15) is 4.79 Å². The molecule has 3 aliphatic heterocycles. The summed E-state index contributed by atoms with van der Waals surface area (Å²) in [6, 6.07) is 23.2. The Bertz CT molecular complexity index is 1750. The molecular formula is C41H51N7O. The van der Waals surface area contributed by atoms with Gasteiger partial charge in [0.2, 0.25) is 5.78 Å². The van der Waals surface area contributed by atoms with Gasteiger partial charge in [-0.25, -0.2) is 9.98 Å². The van der Waals surface area contributed by atoms with Gasteiger partial charge in [-0.3, -0.25) is 19.6 Å². The average molecular weight is 658 g/mol. The average Bonchev–Trinajstić information content (AvgIpc) is 3.39. The first kappa shape index (κ1) is 35.5. The maximum absolute atomic E-state index is 12.3. The van der Waals surface area contributed by atoms with Crippen LogP contribution in [0.25, 0.3) is 5.70 Å². The Balaban J connectivity index is 0.00000113. The standard InChI is InChI=1S/C37H39N7O.2C2H6/c1-3-29-24(2)34(45)33(29)40-27-11-8-21-43(22-19-27)23-25-13-15-28(16-14-25)44-36(30-12-7-20-39-35(30)38)42-32-18-17-31(41-37(32)44)26-9-5-4-6-10-26;2*1-2/h4-7,9-10,12-17,20,27,32,40H,2-3,8,11,18-19,21-23H2,1H3,(H2,38,39);2*1-2H3. The van der Waals surface area contributed by atoms with Crippen LogP contribution in [0.1, 0.15) is 83.4 Å². The van der Waals surface area contributed by atoms with Gasteiger partial charge in [0.05, 0.1) is 17.0 Å². The number of nitrogens with two attached hydrogens (primary N) is 1. The minimum atomic E-state index is -0.0807. The van der Waals surface area contributed by atoms with Crippen molar-refractivity contribution in [2.75, 3.05) is 23.7 Å². The zero-order valence-electron chi connectivity index (χ0n) is 29.7. The summed E-state index contributed by atoms with van der Waals surface area (Å²) in [5.74, 6) is 2.23. The summed E-state index contributed by atoms with van der Waals surface area (Å²) < 4.78 is 0. The van der Waals surface area contributed by atoms with E-state index in [2.05, 4.69) is 76.1 Å². The summed E-state index contributed by atoms with van der Waals surface area (Å²) >= 11 is 0. The molecule has 7 rings (SSSR count). The lowest BCUT2D eigenvalue weighted by molar-refractivity contribution is -0.113. The molecule has 2 aromatic carbocycles. The van der Waals surface area contributed by atoms with Crippen LogP contribution in [0.15, 0.2) is 112 Å². The van der Waals surface area contributed by atoms with Gasteiger partial charge in [-0.05, 0) is 79.6 Å². The fraction of sp³-hybridized carbons (Fsp3) is 0.366. The van der Waals surface area contributed by atoms with Crippen LogP contribution in [0.5, 0.6) is 0 Å². The second-order valence-corrected chi connectivity index (χ2v) is 12.1. The van der Waals surface area contributed by atoms with Crippen molar-refractivity contribution in [1.82, 2.24) is 15.2 Å². The Hall–Kier alpha value is -4.82. The van der Waals surface area contributed by atoms with E-state index in [1.165, 1.54) is 5.56 Å². The molecular weight excluding hydrogens is 606 g/mol. The van der Waals surface area contributed by atoms with Crippen LogP contribution in [0, 0.1) is 0 Å². The van der Waals surface area contributed by atoms with Crippen LogP contribution >= 0.6 is 0 Å². The van der Waals surface area contributed by atoms with E-state index in [1.807, 2.05) is 58.0 Å². The molecule has 2 atom stereocenters. The maximum Gasteiger partial charge on any atom is 0.208 e. The highest BCUT2D eigenvalue weighted by Crippen LogP contribution is 2.34. The SMILES string of the molecule is C=C1C(=O)C(NC2CCCN(Cc3ccc(N4C(c5cccnc5N)=NC5CC=C(c6ccccc6)N=C54)cc3)CC2)=C1CC.CC.CC. The minimum absolute atomic E-state index is 0.0807. The molecule has 49 heavy (non-hydrogen) atoms. The van der Waals surface area contributed by atoms with Crippen LogP contribution in [-0.4, -0.2) is 52.5 Å². The molecule has 8 heteroatoms. The Kier molecular flexibility index (Phi) is 12.0. The largest absolute Gasteiger partial charge is 0.383 e. The highest BCUT2D eigenvalue weighted by Gasteiger charge is 2.37. The molecule has 0 radical (unpaired) electrons. The predicted molar refractivity (Wildman–Crippen MR) is 205 cm³/mol. The van der Waals surface area contributed by atoms with Crippen LogP contribution in [0.3, 0.4) is 0 Å². The van der Waals surface area contributed by atoms with E-state index >= 15 is 0 Å². The molecule has 1 saturated heterocycles. The first-order valence-corrected chi connectivity index (χ1v) is 18.0. The molecule has 0 bridgehead atoms. The first-order chi connectivity index (χ1) is 24.0. The highest BCUT2D eigenvalue weighted by atomic mass is 16.1. The molecule has 1 fully saturated rings. The van der Waals surface area contributed by atoms with Crippen LogP contribution in [-0.2, 0) is 11.3 Å². The molecule has 1 aliphatic carbocycles. The number of pyridine rings is 1. The van der Waals surface area contributed by atoms with E-state index in [4.69, 9.17) is 15.7 Å². The summed E-state index contributed by atoms with van der Waals surface area (Å²) in [4.78, 5) is 31.6. The van der Waals surface area contributed by atoms with Gasteiger partial charge >= 0.3 is 0 Å². The van der Waals surface area contributed by atoms with Crippen molar-refractivity contribution < 1.29 is 4.79 Å². The third kappa shape index (κ3) is 7.60. The van der Waals surface area contributed by atoms with Crippen molar-refractivity contribution in [2.45, 2.75) is 85.4 Å². The number of allylic oxidation sites excluding steroid dienone is 2. The van der Waals surface area contributed by atoms with E-state index in [0.29, 0.717) is 17.4 Å². The number of amidine groups is 2. The Morgan fingerprint density at radius 1 is 0.959 bits per heavy atom. The fourth-order valence-corrected chi connectivity index (χ4v) is 6.77. The normalized spacial score (nSPS) is 20.3. The number of Topliss-reactive ketones (excluding diaryl/α,β-unsaturated/α-hetero) is 1. The van der Waals surface area contributed by atoms with Gasteiger partial charge in [0.1, 0.15) is 23.5 Å². The summed E-state index contributed by atoms with van der Waals surface area (Å²) in [6.07, 6.45) is 8.67. The first-order valence-electron chi connectivity index (χ1n) is 18.0. The molecule has 4 heterocycles. The molecule has 3 aromatic rings. The minimum Gasteiger partial charge on any atom is -0.383 e. The number of hydrogen-bond acceptors (Lipinski definition) is 8. The van der Waals surface area contributed by atoms with Crippen molar-refractivity contribution in [3.8, 4) is 0 Å². The number of anilines is 2. The van der Waals surface area contributed by atoms with Gasteiger partial charge < -0.3 is 11.1 Å². The second kappa shape index (κ2) is 16.5. The van der Waals surface area contributed by atoms with Gasteiger partial charge in [-0.15, -0.1) is 0 Å². The van der Waals surface area contributed by atoms with E-state index in [-0.39, 0.29) is 11.8 Å². The van der Waals surface area contributed by atoms with E-state index < -0.39 is 0 Å². The monoisotopic (exact) mass is 657 g/mol. The lowest BCUT2D eigenvalue weighted by Gasteiger charge is -2.29. The number of nitrogens with one attached hydrogen (secondary N) is 1. The lowest BCUT2D eigenvalue weighted by atomic mass is 9.85. The van der Waals surface area contributed by atoms with Gasteiger partial charge in [-0.2, -0.15) is 0 Å². The third-order valence-corrected chi connectivity index (χ3v) is 9.23. The molecule has 8 nitrogen and oxygen atoms in total. The maximum atomic E-state index is 12.3. The van der Waals surface area contributed by atoms with Gasteiger partial charge in [0.15, 0.2) is 0 Å². The molecule has 256 valence electrons. The van der Waals surface area contributed by atoms with Crippen LogP contribution < -0.4 is 16.0 Å². The van der Waals surface area contributed by atoms with Gasteiger partial charge in [0.25, 0.3) is 0 Å². The molecule has 4 aliphatic rings. The Morgan fingerprint density at radius 3 is 2.43 bits per heavy atom. The molecule has 0 saturated carbocycles. The summed E-state index contributed by atoms with van der Waals surface area (Å²) in [7, 11) is 0. The predicted octanol–water partition coefficient (Wildman–Crippen LogP) is 7.94. The molecule has 0 amide bonds. The van der Waals surface area contributed by atoms with E-state index in [0.717, 1.165) is 97.2 Å². The number of rotatable bonds is 8. The number of carbonyl (C=O) groups is 1. The number of aromatic nitrogens is 1. The Labute approximate surface area is 292 Å². The molecule has 2 unspecified atom stereocenters. The number of hydrogen-bond donors (Lipinski definition) is 2. The number of nitrogens with zero attached hydrogens (tertiary/aromatic N) is 5. The number of aliphatic imine (C=N–C) groups is 2. The number of fused-ring (bicyclic) bond motifs is 1. The third-order valence-electron chi connectivity index (χ3n) is 9.23. The highest BCUT2D eigenvalue weighted by molar-refractivity contribution is 6.31. The zero-order valence-corrected chi connectivity index (χ0v) is 29.7. The van der Waals surface area contributed by atoms with Crippen molar-refractivity contribution in [3.63, 3.8) is 0 Å². The number of ketones is 1. The van der Waals surface area contributed by atoms with E-state index in [1.54, 1.807) is 6.20 Å². The number of likely N-dealkylation sites (tertiary alicyclic amines) is 1. The topological polar surface area (TPSA) is 99.2 Å². The summed E-state index contributed by atoms with van der Waals surface area (Å²) in [5, 5.41) is 3.55. The smallest absolute Gasteiger partial charge is 0.208 e. The lowest BCUT2D eigenvalue weighted by Crippen LogP contribution is -2.39. The van der Waals surface area contributed by atoms with Crippen molar-refractivity contribution in [3.05, 3.63) is 119 Å². The number of nitrogen functional groups attached to an aromatic ring is 1. The van der Waals surface area contributed by atoms with Gasteiger partial charge in [0, 0.05) is 36.6 Å². The summed E-state index contributed by atoms with van der Waals surface area (Å²) in [5.41, 5.74) is 14.0. The van der Waals surface area contributed by atoms with Crippen LogP contribution in [0.2, 0.25) is 0 Å². The number of benzene rings is 2. The molecule has 0 spiro atoms. The molecule has 1 aromatic heterocycles.